The monoisotopic (exact) mass is 232 g/mol. The molecular weight excluding hydrogens is 208 g/mol. The number of ether oxygens (including phenoxy) is 2. The molecule has 0 aromatic heterocycles. The minimum Gasteiger partial charge on any atom is -0.378 e. The molecule has 0 aromatic carbocycles. The van der Waals surface area contributed by atoms with E-state index in [0.29, 0.717) is 39.0 Å². The molecule has 0 aliphatic heterocycles. The first-order valence-corrected chi connectivity index (χ1v) is 5.76. The number of nitrogens with one attached hydrogen (secondary N) is 2. The second-order valence-corrected chi connectivity index (χ2v) is 3.82. The van der Waals surface area contributed by atoms with Gasteiger partial charge < -0.3 is 20.1 Å². The third-order valence-electron chi connectivity index (χ3n) is 1.79. The summed E-state index contributed by atoms with van der Waals surface area (Å²) in [7, 11) is 0. The third-order valence-corrected chi connectivity index (χ3v) is 1.79. The van der Waals surface area contributed by atoms with Crippen LogP contribution in [0.1, 0.15) is 20.8 Å². The van der Waals surface area contributed by atoms with Crippen molar-refractivity contribution in [1.82, 2.24) is 10.6 Å². The molecule has 0 saturated carbocycles. The lowest BCUT2D eigenvalue weighted by atomic mass is 10.4. The van der Waals surface area contributed by atoms with Gasteiger partial charge in [-0.3, -0.25) is 4.79 Å². The van der Waals surface area contributed by atoms with Crippen molar-refractivity contribution in [2.45, 2.75) is 26.8 Å². The molecule has 0 aliphatic rings. The summed E-state index contributed by atoms with van der Waals surface area (Å²) in [6.45, 7) is 9.52. The number of hydrogen-bond acceptors (Lipinski definition) is 4. The van der Waals surface area contributed by atoms with Gasteiger partial charge in [0.2, 0.25) is 5.91 Å². The summed E-state index contributed by atoms with van der Waals surface area (Å²) in [5.41, 5.74) is 0. The molecule has 5 nitrogen and oxygen atoms in total. The largest absolute Gasteiger partial charge is 0.378 e. The van der Waals surface area contributed by atoms with Gasteiger partial charge in [-0.05, 0) is 0 Å². The van der Waals surface area contributed by atoms with Gasteiger partial charge in [0.05, 0.1) is 26.4 Å². The fourth-order valence-electron chi connectivity index (χ4n) is 1.04. The Morgan fingerprint density at radius 1 is 1.06 bits per heavy atom. The number of carbonyl (C=O) groups is 1. The first-order chi connectivity index (χ1) is 7.63. The lowest BCUT2D eigenvalue weighted by Gasteiger charge is -2.09. The second kappa shape index (κ2) is 10.9. The maximum atomic E-state index is 10.5. The van der Waals surface area contributed by atoms with Crippen LogP contribution in [0.15, 0.2) is 0 Å². The maximum Gasteiger partial charge on any atom is 0.216 e. The number of carbonyl (C=O) groups excluding carboxylic acids is 1. The third kappa shape index (κ3) is 13.4. The Morgan fingerprint density at radius 3 is 2.12 bits per heavy atom. The summed E-state index contributed by atoms with van der Waals surface area (Å²) in [5, 5.41) is 5.91. The van der Waals surface area contributed by atoms with E-state index in [1.807, 2.05) is 0 Å². The van der Waals surface area contributed by atoms with Gasteiger partial charge >= 0.3 is 0 Å². The highest BCUT2D eigenvalue weighted by Gasteiger charge is 1.93. The summed E-state index contributed by atoms with van der Waals surface area (Å²) < 4.78 is 10.6. The lowest BCUT2D eigenvalue weighted by Crippen LogP contribution is -2.27. The zero-order valence-electron chi connectivity index (χ0n) is 10.5. The van der Waals surface area contributed by atoms with E-state index in [-0.39, 0.29) is 5.91 Å². The van der Waals surface area contributed by atoms with Gasteiger partial charge in [-0.15, -0.1) is 0 Å². The van der Waals surface area contributed by atoms with Crippen molar-refractivity contribution < 1.29 is 14.3 Å². The zero-order valence-corrected chi connectivity index (χ0v) is 10.5. The molecule has 16 heavy (non-hydrogen) atoms. The molecule has 0 rings (SSSR count). The van der Waals surface area contributed by atoms with Gasteiger partial charge in [0.25, 0.3) is 0 Å². The molecule has 0 bridgehead atoms. The molecule has 0 aromatic rings. The molecule has 5 heteroatoms. The zero-order chi connectivity index (χ0) is 12.2. The molecule has 96 valence electrons. The van der Waals surface area contributed by atoms with Gasteiger partial charge in [-0.1, -0.05) is 13.8 Å². The summed E-state index contributed by atoms with van der Waals surface area (Å²) in [6, 6.07) is 0.498. The number of amides is 1. The molecule has 0 saturated heterocycles. The normalized spacial score (nSPS) is 10.8. The lowest BCUT2D eigenvalue weighted by molar-refractivity contribution is -0.119. The Kier molecular flexibility index (Phi) is 10.4. The predicted octanol–water partition coefficient (Wildman–Crippen LogP) is 0.154. The average molecular weight is 232 g/mol. The number of rotatable bonds is 10. The standard InChI is InChI=1S/C11H24N2O3/c1-10(2)12-4-6-15-8-9-16-7-5-13-11(3)14/h10,12H,4-9H2,1-3H3,(H,13,14). The van der Waals surface area contributed by atoms with Crippen molar-refractivity contribution in [1.29, 1.82) is 0 Å². The first kappa shape index (κ1) is 15.3. The molecule has 0 unspecified atom stereocenters. The van der Waals surface area contributed by atoms with Crippen LogP contribution in [0.3, 0.4) is 0 Å². The van der Waals surface area contributed by atoms with E-state index in [9.17, 15) is 4.79 Å². The quantitative estimate of drug-likeness (QED) is 0.527. The fraction of sp³-hybridized carbons (Fsp3) is 0.909. The Bertz CT molecular complexity index is 175. The Morgan fingerprint density at radius 2 is 1.62 bits per heavy atom. The Hall–Kier alpha value is -0.650. The van der Waals surface area contributed by atoms with Gasteiger partial charge in [-0.2, -0.15) is 0 Å². The molecule has 0 spiro atoms. The highest BCUT2D eigenvalue weighted by atomic mass is 16.5. The highest BCUT2D eigenvalue weighted by molar-refractivity contribution is 5.72. The van der Waals surface area contributed by atoms with Crippen molar-refractivity contribution in [3.8, 4) is 0 Å². The van der Waals surface area contributed by atoms with Gasteiger partial charge in [-0.25, -0.2) is 0 Å². The van der Waals surface area contributed by atoms with Crippen LogP contribution < -0.4 is 10.6 Å². The van der Waals surface area contributed by atoms with E-state index in [0.717, 1.165) is 6.54 Å². The van der Waals surface area contributed by atoms with E-state index in [1.54, 1.807) is 0 Å². The first-order valence-electron chi connectivity index (χ1n) is 5.76. The Balaban J connectivity index is 2.96. The van der Waals surface area contributed by atoms with E-state index in [1.165, 1.54) is 6.92 Å². The molecule has 2 N–H and O–H groups in total. The van der Waals surface area contributed by atoms with Crippen molar-refractivity contribution in [2.75, 3.05) is 39.5 Å². The van der Waals surface area contributed by atoms with E-state index in [4.69, 9.17) is 9.47 Å². The van der Waals surface area contributed by atoms with Gasteiger partial charge in [0, 0.05) is 26.1 Å². The molecule has 1 amide bonds. The van der Waals surface area contributed by atoms with Crippen molar-refractivity contribution >= 4 is 5.91 Å². The smallest absolute Gasteiger partial charge is 0.216 e. The number of hydrogen-bond donors (Lipinski definition) is 2. The SMILES string of the molecule is CC(=O)NCCOCCOCCNC(C)C. The topological polar surface area (TPSA) is 59.6 Å². The van der Waals surface area contributed by atoms with Gasteiger partial charge in [0.15, 0.2) is 0 Å². The highest BCUT2D eigenvalue weighted by Crippen LogP contribution is 1.80. The van der Waals surface area contributed by atoms with Crippen LogP contribution in [0.4, 0.5) is 0 Å². The predicted molar refractivity (Wildman–Crippen MR) is 63.5 cm³/mol. The summed E-state index contributed by atoms with van der Waals surface area (Å²) in [6.07, 6.45) is 0. The molecule has 0 heterocycles. The van der Waals surface area contributed by atoms with Crippen molar-refractivity contribution in [2.24, 2.45) is 0 Å². The van der Waals surface area contributed by atoms with E-state index in [2.05, 4.69) is 24.5 Å². The molecule has 0 aliphatic carbocycles. The second-order valence-electron chi connectivity index (χ2n) is 3.82. The van der Waals surface area contributed by atoms with Gasteiger partial charge in [0.1, 0.15) is 0 Å². The van der Waals surface area contributed by atoms with Crippen LogP contribution in [-0.4, -0.2) is 51.5 Å². The van der Waals surface area contributed by atoms with Crippen LogP contribution in [0, 0.1) is 0 Å². The summed E-state index contributed by atoms with van der Waals surface area (Å²) >= 11 is 0. The van der Waals surface area contributed by atoms with Crippen molar-refractivity contribution in [3.63, 3.8) is 0 Å². The molecule has 0 atom stereocenters. The minimum atomic E-state index is -0.0281. The van der Waals surface area contributed by atoms with E-state index < -0.39 is 0 Å². The molecule has 0 radical (unpaired) electrons. The minimum absolute atomic E-state index is 0.0281. The van der Waals surface area contributed by atoms with Crippen molar-refractivity contribution in [3.05, 3.63) is 0 Å². The molecule has 0 fully saturated rings. The van der Waals surface area contributed by atoms with Crippen LogP contribution in [-0.2, 0) is 14.3 Å². The summed E-state index contributed by atoms with van der Waals surface area (Å²) in [5.74, 6) is -0.0281. The fourth-order valence-corrected chi connectivity index (χ4v) is 1.04. The van der Waals surface area contributed by atoms with Crippen LogP contribution in [0.5, 0.6) is 0 Å². The summed E-state index contributed by atoms with van der Waals surface area (Å²) in [4.78, 5) is 10.5. The van der Waals surface area contributed by atoms with E-state index >= 15 is 0 Å². The maximum absolute atomic E-state index is 10.5. The van der Waals surface area contributed by atoms with Crippen LogP contribution in [0.2, 0.25) is 0 Å². The Labute approximate surface area is 97.9 Å². The van der Waals surface area contributed by atoms with Crippen LogP contribution >= 0.6 is 0 Å². The average Bonchev–Trinajstić information content (AvgIpc) is 2.20. The van der Waals surface area contributed by atoms with Crippen LogP contribution in [0.25, 0.3) is 0 Å². The molecular formula is C11H24N2O3.